The third-order valence-corrected chi connectivity index (χ3v) is 3.86. The Kier molecular flexibility index (Phi) is 3.88. The molecule has 0 aliphatic heterocycles. The minimum atomic E-state index is 0.502. The number of hydrogen-bond donors (Lipinski definition) is 0. The van der Waals surface area contributed by atoms with E-state index in [2.05, 4.69) is 22.3 Å². The van der Waals surface area contributed by atoms with Crippen LogP contribution in [-0.4, -0.2) is 23.0 Å². The van der Waals surface area contributed by atoms with Crippen molar-refractivity contribution in [3.05, 3.63) is 46.6 Å². The Balaban J connectivity index is 2.05. The van der Waals surface area contributed by atoms with Crippen LogP contribution in [0.15, 0.2) is 35.5 Å². The zero-order chi connectivity index (χ0) is 14.8. The van der Waals surface area contributed by atoms with Crippen molar-refractivity contribution in [3.8, 4) is 11.3 Å². The van der Waals surface area contributed by atoms with E-state index in [1.165, 1.54) is 0 Å². The molecule has 1 aromatic carbocycles. The topological polar surface area (TPSA) is 47.4 Å². The molecule has 21 heavy (non-hydrogen) atoms. The van der Waals surface area contributed by atoms with Crippen molar-refractivity contribution >= 4 is 17.3 Å². The number of benzene rings is 1. The molecule has 108 valence electrons. The Bertz CT molecular complexity index is 682. The van der Waals surface area contributed by atoms with Crippen molar-refractivity contribution in [1.82, 2.24) is 10.2 Å². The highest BCUT2D eigenvalue weighted by molar-refractivity contribution is 6.30. The number of halogens is 1. The Morgan fingerprint density at radius 1 is 1.19 bits per heavy atom. The van der Waals surface area contributed by atoms with Gasteiger partial charge in [-0.2, -0.15) is 10.2 Å². The number of aromatic nitrogens is 2. The molecule has 0 fully saturated rings. The molecule has 0 radical (unpaired) electrons. The molecule has 0 saturated carbocycles. The minimum absolute atomic E-state index is 0.502. The van der Waals surface area contributed by atoms with E-state index in [9.17, 15) is 0 Å². The lowest BCUT2D eigenvalue weighted by molar-refractivity contribution is 0.212. The van der Waals surface area contributed by atoms with Crippen molar-refractivity contribution in [2.75, 3.05) is 7.11 Å². The summed E-state index contributed by atoms with van der Waals surface area (Å²) < 4.78 is 0. The molecule has 0 spiro atoms. The van der Waals surface area contributed by atoms with Crippen molar-refractivity contribution in [3.63, 3.8) is 0 Å². The fourth-order valence-corrected chi connectivity index (χ4v) is 2.74. The molecule has 1 aliphatic rings. The largest absolute Gasteiger partial charge is 0.399 e. The van der Waals surface area contributed by atoms with E-state index in [-0.39, 0.29) is 0 Å². The van der Waals surface area contributed by atoms with Gasteiger partial charge in [-0.15, -0.1) is 0 Å². The summed E-state index contributed by atoms with van der Waals surface area (Å²) in [6, 6.07) is 9.62. The van der Waals surface area contributed by atoms with E-state index in [4.69, 9.17) is 16.4 Å². The average molecular weight is 302 g/mol. The maximum absolute atomic E-state index is 5.92. The SMILES string of the molecule is CON=C1CC(C)Cc2nnc(-c3ccc(Cl)cc3)cc21. The van der Waals surface area contributed by atoms with Crippen LogP contribution < -0.4 is 0 Å². The summed E-state index contributed by atoms with van der Waals surface area (Å²) in [6.07, 6.45) is 1.82. The molecule has 0 saturated heterocycles. The molecule has 1 aromatic heterocycles. The highest BCUT2D eigenvalue weighted by Gasteiger charge is 2.23. The summed E-state index contributed by atoms with van der Waals surface area (Å²) in [5.41, 5.74) is 4.78. The van der Waals surface area contributed by atoms with Gasteiger partial charge in [0.05, 0.1) is 17.1 Å². The van der Waals surface area contributed by atoms with Crippen LogP contribution in [0.3, 0.4) is 0 Å². The Labute approximate surface area is 128 Å². The Morgan fingerprint density at radius 3 is 2.67 bits per heavy atom. The summed E-state index contributed by atoms with van der Waals surface area (Å²) in [7, 11) is 1.57. The van der Waals surface area contributed by atoms with Crippen molar-refractivity contribution in [2.45, 2.75) is 19.8 Å². The van der Waals surface area contributed by atoms with Crippen molar-refractivity contribution in [2.24, 2.45) is 11.1 Å². The maximum Gasteiger partial charge on any atom is 0.106 e. The van der Waals surface area contributed by atoms with Gasteiger partial charge >= 0.3 is 0 Å². The van der Waals surface area contributed by atoms with E-state index >= 15 is 0 Å². The third kappa shape index (κ3) is 2.90. The Morgan fingerprint density at radius 2 is 1.95 bits per heavy atom. The molecule has 0 N–H and O–H groups in total. The van der Waals surface area contributed by atoms with Crippen LogP contribution in [0.5, 0.6) is 0 Å². The van der Waals surface area contributed by atoms with Gasteiger partial charge in [0.25, 0.3) is 0 Å². The first-order valence-corrected chi connectivity index (χ1v) is 7.28. The summed E-state index contributed by atoms with van der Waals surface area (Å²) in [6.45, 7) is 2.18. The first-order chi connectivity index (χ1) is 10.2. The van der Waals surface area contributed by atoms with Crippen LogP contribution >= 0.6 is 11.6 Å². The van der Waals surface area contributed by atoms with Gasteiger partial charge in [0, 0.05) is 16.1 Å². The predicted octanol–water partition coefficient (Wildman–Crippen LogP) is 3.73. The lowest BCUT2D eigenvalue weighted by Crippen LogP contribution is -2.21. The fourth-order valence-electron chi connectivity index (χ4n) is 2.62. The molecule has 0 amide bonds. The molecule has 3 rings (SSSR count). The van der Waals surface area contributed by atoms with E-state index < -0.39 is 0 Å². The molecular formula is C16H16ClN3O. The standard InChI is InChI=1S/C16H16ClN3O/c1-10-7-15-13(16(8-10)20-21-2)9-14(18-19-15)11-3-5-12(17)6-4-11/h3-6,9-10H,7-8H2,1-2H3. The summed E-state index contributed by atoms with van der Waals surface area (Å²) >= 11 is 5.92. The molecule has 1 aliphatic carbocycles. The second-order valence-corrected chi connectivity index (χ2v) is 5.77. The van der Waals surface area contributed by atoms with Crippen LogP contribution in [0.1, 0.15) is 24.6 Å². The quantitative estimate of drug-likeness (QED) is 0.794. The van der Waals surface area contributed by atoms with Crippen molar-refractivity contribution in [1.29, 1.82) is 0 Å². The van der Waals surface area contributed by atoms with Crippen molar-refractivity contribution < 1.29 is 4.84 Å². The molecule has 5 heteroatoms. The fraction of sp³-hybridized carbons (Fsp3) is 0.312. The highest BCUT2D eigenvalue weighted by atomic mass is 35.5. The maximum atomic E-state index is 5.92. The van der Waals surface area contributed by atoms with Gasteiger partial charge in [0.2, 0.25) is 0 Å². The molecule has 1 atom stereocenters. The summed E-state index contributed by atoms with van der Waals surface area (Å²) in [5.74, 6) is 0.502. The smallest absolute Gasteiger partial charge is 0.106 e. The van der Waals surface area contributed by atoms with Gasteiger partial charge in [0.15, 0.2) is 0 Å². The van der Waals surface area contributed by atoms with Gasteiger partial charge in [-0.3, -0.25) is 0 Å². The molecule has 1 unspecified atom stereocenters. The highest BCUT2D eigenvalue weighted by Crippen LogP contribution is 2.27. The van der Waals surface area contributed by atoms with Gasteiger partial charge in [0.1, 0.15) is 7.11 Å². The van der Waals surface area contributed by atoms with Gasteiger partial charge in [-0.25, -0.2) is 0 Å². The van der Waals surface area contributed by atoms with Gasteiger partial charge in [-0.1, -0.05) is 35.8 Å². The molecule has 1 heterocycles. The second kappa shape index (κ2) is 5.82. The normalized spacial score (nSPS) is 19.4. The van der Waals surface area contributed by atoms with E-state index in [0.29, 0.717) is 10.9 Å². The molecule has 0 bridgehead atoms. The summed E-state index contributed by atoms with van der Waals surface area (Å²) in [5, 5.41) is 13.6. The predicted molar refractivity (Wildman–Crippen MR) is 83.5 cm³/mol. The molecule has 4 nitrogen and oxygen atoms in total. The molecule has 2 aromatic rings. The number of rotatable bonds is 2. The molecular weight excluding hydrogens is 286 g/mol. The third-order valence-electron chi connectivity index (χ3n) is 3.61. The zero-order valence-corrected chi connectivity index (χ0v) is 12.8. The lowest BCUT2D eigenvalue weighted by Gasteiger charge is -2.21. The lowest BCUT2D eigenvalue weighted by atomic mass is 9.86. The second-order valence-electron chi connectivity index (χ2n) is 5.33. The van der Waals surface area contributed by atoms with Crippen LogP contribution in [0.2, 0.25) is 5.02 Å². The average Bonchev–Trinajstić information content (AvgIpc) is 2.48. The number of hydrogen-bond acceptors (Lipinski definition) is 4. The number of oxime groups is 1. The van der Waals surface area contributed by atoms with Gasteiger partial charge < -0.3 is 4.84 Å². The van der Waals surface area contributed by atoms with E-state index in [1.54, 1.807) is 7.11 Å². The van der Waals surface area contributed by atoms with Crippen LogP contribution in [-0.2, 0) is 11.3 Å². The first-order valence-electron chi connectivity index (χ1n) is 6.90. The minimum Gasteiger partial charge on any atom is -0.399 e. The Hall–Kier alpha value is -1.94. The van der Waals surface area contributed by atoms with Crippen LogP contribution in [0.25, 0.3) is 11.3 Å². The number of nitrogens with zero attached hydrogens (tertiary/aromatic N) is 3. The summed E-state index contributed by atoms with van der Waals surface area (Å²) in [4.78, 5) is 4.97. The number of fused-ring (bicyclic) bond motifs is 1. The zero-order valence-electron chi connectivity index (χ0n) is 12.0. The monoisotopic (exact) mass is 301 g/mol. The van der Waals surface area contributed by atoms with E-state index in [1.807, 2.05) is 30.3 Å². The first kappa shape index (κ1) is 14.0. The van der Waals surface area contributed by atoms with E-state index in [0.717, 1.165) is 41.1 Å². The van der Waals surface area contributed by atoms with Crippen LogP contribution in [0, 0.1) is 5.92 Å². The van der Waals surface area contributed by atoms with Gasteiger partial charge in [-0.05, 0) is 37.0 Å². The van der Waals surface area contributed by atoms with Crippen LogP contribution in [0.4, 0.5) is 0 Å².